The van der Waals surface area contributed by atoms with Gasteiger partial charge in [0.15, 0.2) is 0 Å². The van der Waals surface area contributed by atoms with Gasteiger partial charge in [0.25, 0.3) is 0 Å². The summed E-state index contributed by atoms with van der Waals surface area (Å²) in [5.41, 5.74) is 20.4. The molecule has 4 amide bonds. The molecule has 0 unspecified atom stereocenters. The standard InChI is InChI=1S/C23H24ClN3O2.C23H29N3O2.C22H28N4O2/c1-15-12-18(27-10-9-20-17(14-27)5-7-21(24)25-20)13-16(2)23(15)26-22(28)8-6-19-4-3-11-29-19;1-5-6-22(28)25-23-15(2)11-20(12-16(23)3)26-10-9-21-18(14-26)7-8-19(24-21)13-17(4)27;1-5-6-21(28)25-22-14(2)11-18(12-15(22)3)26-10-9-19-17(13-26)7-8-20(24-19)23-16(4)27/h3-5,7,11-13H,6,8-10,14H2,1-2H3,(H,26,28);7-8,11-12H,5-6,9-10,13-14H2,1-4H3,(H,25,28);7-8,11-12H,5-6,9-10,13H2,1-4H3,(H,25,28)(H,23,24,27). The molecule has 7 heterocycles. The quantitative estimate of drug-likeness (QED) is 0.0670. The Hall–Kier alpha value is -8.37. The van der Waals surface area contributed by atoms with E-state index >= 15 is 0 Å². The van der Waals surface area contributed by atoms with E-state index in [-0.39, 0.29) is 29.4 Å². The summed E-state index contributed by atoms with van der Waals surface area (Å²) in [7, 11) is 0. The number of halogens is 1. The van der Waals surface area contributed by atoms with E-state index in [2.05, 4.69) is 99.4 Å². The van der Waals surface area contributed by atoms with E-state index < -0.39 is 0 Å². The summed E-state index contributed by atoms with van der Waals surface area (Å²) >= 11 is 6.02. The molecule has 0 saturated heterocycles. The highest BCUT2D eigenvalue weighted by Gasteiger charge is 2.24. The molecule has 0 radical (unpaired) electrons. The number of furan rings is 1. The van der Waals surface area contributed by atoms with Crippen LogP contribution in [0.2, 0.25) is 5.15 Å². The van der Waals surface area contributed by atoms with E-state index in [1.54, 1.807) is 13.2 Å². The third kappa shape index (κ3) is 16.9. The predicted molar refractivity (Wildman–Crippen MR) is 341 cm³/mol. The Morgan fingerprint density at radius 1 is 0.518 bits per heavy atom. The van der Waals surface area contributed by atoms with Crippen LogP contribution < -0.4 is 36.0 Å². The number of hydrogen-bond acceptors (Lipinski definition) is 12. The summed E-state index contributed by atoms with van der Waals surface area (Å²) in [6.45, 7) is 24.4. The van der Waals surface area contributed by atoms with Crippen LogP contribution in [-0.4, -0.2) is 64.0 Å². The monoisotopic (exact) mass is 1170 g/mol. The van der Waals surface area contributed by atoms with Crippen molar-refractivity contribution in [1.82, 2.24) is 15.0 Å². The Labute approximate surface area is 505 Å². The molecule has 4 aromatic heterocycles. The van der Waals surface area contributed by atoms with Crippen molar-refractivity contribution in [1.29, 1.82) is 0 Å². The van der Waals surface area contributed by atoms with Crippen molar-refractivity contribution in [2.24, 2.45) is 0 Å². The number of pyridine rings is 3. The van der Waals surface area contributed by atoms with Crippen molar-refractivity contribution in [2.45, 2.75) is 153 Å². The number of Topliss-reactive ketones (excluding diaryl/α,β-unsaturated/α-hetero) is 1. The highest BCUT2D eigenvalue weighted by atomic mass is 35.5. The topological polar surface area (TPSA) is 195 Å². The molecule has 4 N–H and O–H groups in total. The SMILES string of the molecule is CCCC(=O)Nc1c(C)cc(N2CCc3nc(CC(C)=O)ccc3C2)cc1C.CCCC(=O)Nc1c(C)cc(N2CCc3nc(NC(C)=O)ccc3C2)cc1C.Cc1cc(N2CCc3nc(Cl)ccc3C2)cc(C)c1NC(=O)CCc1ccco1. The first-order valence-electron chi connectivity index (χ1n) is 29.6. The van der Waals surface area contributed by atoms with Crippen LogP contribution >= 0.6 is 11.6 Å². The molecule has 0 aliphatic carbocycles. The van der Waals surface area contributed by atoms with Gasteiger partial charge in [0.05, 0.1) is 6.26 Å². The molecule has 0 fully saturated rings. The number of anilines is 7. The number of hydrogen-bond donors (Lipinski definition) is 4. The van der Waals surface area contributed by atoms with Gasteiger partial charge >= 0.3 is 0 Å². The van der Waals surface area contributed by atoms with Crippen molar-refractivity contribution in [3.05, 3.63) is 175 Å². The number of fused-ring (bicyclic) bond motifs is 3. The zero-order valence-electron chi connectivity index (χ0n) is 51.0. The number of benzene rings is 3. The van der Waals surface area contributed by atoms with Crippen LogP contribution in [-0.2, 0) is 75.7 Å². The van der Waals surface area contributed by atoms with Crippen molar-refractivity contribution in [3.8, 4) is 0 Å². The van der Waals surface area contributed by atoms with Gasteiger partial charge in [-0.25, -0.2) is 9.97 Å². The lowest BCUT2D eigenvalue weighted by Gasteiger charge is -2.31. The Morgan fingerprint density at radius 2 is 0.929 bits per heavy atom. The molecule has 0 bridgehead atoms. The van der Waals surface area contributed by atoms with Gasteiger partial charge < -0.3 is 40.4 Å². The molecule has 17 heteroatoms. The number of carbonyl (C=O) groups is 5. The number of ketones is 1. The molecule has 3 aromatic carbocycles. The fraction of sp³-hybridized carbons (Fsp3) is 0.382. The van der Waals surface area contributed by atoms with Crippen LogP contribution in [0.3, 0.4) is 0 Å². The fourth-order valence-electron chi connectivity index (χ4n) is 11.2. The summed E-state index contributed by atoms with van der Waals surface area (Å²) in [5.74, 6) is 1.60. The van der Waals surface area contributed by atoms with E-state index in [0.717, 1.165) is 162 Å². The molecule has 446 valence electrons. The van der Waals surface area contributed by atoms with Crippen LogP contribution in [0.15, 0.2) is 95.6 Å². The second kappa shape index (κ2) is 28.9. The Kier molecular flexibility index (Phi) is 21.3. The van der Waals surface area contributed by atoms with Gasteiger partial charge in [-0.3, -0.25) is 29.0 Å². The van der Waals surface area contributed by atoms with Gasteiger partial charge in [-0.2, -0.15) is 0 Å². The number of carbonyl (C=O) groups excluding carboxylic acids is 5. The van der Waals surface area contributed by atoms with Crippen molar-refractivity contribution >= 4 is 81.0 Å². The molecular formula is C68H81ClN10O6. The van der Waals surface area contributed by atoms with Crippen LogP contribution in [0, 0.1) is 41.5 Å². The van der Waals surface area contributed by atoms with Gasteiger partial charge in [0, 0.05) is 154 Å². The summed E-state index contributed by atoms with van der Waals surface area (Å²) in [5, 5.41) is 12.5. The molecule has 7 aromatic rings. The van der Waals surface area contributed by atoms with E-state index in [0.29, 0.717) is 43.1 Å². The third-order valence-electron chi connectivity index (χ3n) is 15.5. The number of nitrogens with one attached hydrogen (secondary N) is 4. The molecule has 10 rings (SSSR count). The van der Waals surface area contributed by atoms with Crippen LogP contribution in [0.1, 0.15) is 138 Å². The van der Waals surface area contributed by atoms with Gasteiger partial charge in [-0.05, 0) is 178 Å². The zero-order valence-corrected chi connectivity index (χ0v) is 51.7. The Morgan fingerprint density at radius 3 is 1.34 bits per heavy atom. The normalized spacial score (nSPS) is 13.2. The molecule has 3 aliphatic heterocycles. The zero-order chi connectivity index (χ0) is 60.9. The number of rotatable bonds is 16. The first-order chi connectivity index (χ1) is 40.7. The fourth-order valence-corrected chi connectivity index (χ4v) is 11.4. The minimum Gasteiger partial charge on any atom is -0.469 e. The maximum atomic E-state index is 12.4. The van der Waals surface area contributed by atoms with Crippen molar-refractivity contribution < 1.29 is 28.4 Å². The molecule has 0 saturated carbocycles. The van der Waals surface area contributed by atoms with Crippen LogP contribution in [0.5, 0.6) is 0 Å². The molecule has 0 spiro atoms. The second-order valence-corrected chi connectivity index (χ2v) is 23.0. The molecule has 0 atom stereocenters. The first kappa shape index (κ1) is 62.7. The largest absolute Gasteiger partial charge is 0.469 e. The molecule has 16 nitrogen and oxygen atoms in total. The van der Waals surface area contributed by atoms with Gasteiger partial charge in [-0.1, -0.05) is 43.6 Å². The van der Waals surface area contributed by atoms with Crippen molar-refractivity contribution in [3.63, 3.8) is 0 Å². The average molecular weight is 1170 g/mol. The number of aryl methyl sites for hydroxylation is 7. The summed E-state index contributed by atoms with van der Waals surface area (Å²) in [6.07, 6.45) is 8.37. The predicted octanol–water partition coefficient (Wildman–Crippen LogP) is 13.2. The van der Waals surface area contributed by atoms with E-state index in [9.17, 15) is 24.0 Å². The third-order valence-corrected chi connectivity index (χ3v) is 15.7. The van der Waals surface area contributed by atoms with E-state index in [4.69, 9.17) is 16.0 Å². The molecule has 3 aliphatic rings. The lowest BCUT2D eigenvalue weighted by molar-refractivity contribution is -0.117. The van der Waals surface area contributed by atoms with Gasteiger partial charge in [0.2, 0.25) is 23.6 Å². The summed E-state index contributed by atoms with van der Waals surface area (Å²) < 4.78 is 5.30. The average Bonchev–Trinajstić information content (AvgIpc) is 2.67. The minimum atomic E-state index is -0.109. The Balaban J connectivity index is 0.000000166. The maximum absolute atomic E-state index is 12.4. The number of aromatic nitrogens is 3. The van der Waals surface area contributed by atoms with Crippen LogP contribution in [0.25, 0.3) is 0 Å². The smallest absolute Gasteiger partial charge is 0.224 e. The molecule has 85 heavy (non-hydrogen) atoms. The van der Waals surface area contributed by atoms with Crippen LogP contribution in [0.4, 0.5) is 39.9 Å². The van der Waals surface area contributed by atoms with Gasteiger partial charge in [-0.15, -0.1) is 0 Å². The summed E-state index contributed by atoms with van der Waals surface area (Å²) in [4.78, 5) is 79.7. The number of nitrogens with zero attached hydrogens (tertiary/aromatic N) is 6. The van der Waals surface area contributed by atoms with Gasteiger partial charge in [0.1, 0.15) is 22.5 Å². The van der Waals surface area contributed by atoms with Crippen molar-refractivity contribution in [2.75, 3.05) is 55.6 Å². The van der Waals surface area contributed by atoms with E-state index in [1.165, 1.54) is 29.3 Å². The minimum absolute atomic E-state index is 0.00444. The molecular weight excluding hydrogens is 1090 g/mol. The second-order valence-electron chi connectivity index (χ2n) is 22.6. The maximum Gasteiger partial charge on any atom is 0.224 e. The number of amides is 4. The highest BCUT2D eigenvalue weighted by Crippen LogP contribution is 2.34. The summed E-state index contributed by atoms with van der Waals surface area (Å²) in [6, 6.07) is 28.5. The van der Waals surface area contributed by atoms with E-state index in [1.807, 2.05) is 91.8 Å². The highest BCUT2D eigenvalue weighted by molar-refractivity contribution is 6.29. The lowest BCUT2D eigenvalue weighted by atomic mass is 10.0. The lowest BCUT2D eigenvalue weighted by Crippen LogP contribution is -2.31. The Bertz CT molecular complexity index is 3360. The first-order valence-corrected chi connectivity index (χ1v) is 30.0.